The molecule has 0 atom stereocenters. The van der Waals surface area contributed by atoms with Gasteiger partial charge in [-0.25, -0.2) is 13.1 Å². The van der Waals surface area contributed by atoms with Crippen LogP contribution in [-0.2, 0) is 22.7 Å². The van der Waals surface area contributed by atoms with E-state index < -0.39 is 39.8 Å². The van der Waals surface area contributed by atoms with Gasteiger partial charge in [0, 0.05) is 0 Å². The van der Waals surface area contributed by atoms with Gasteiger partial charge in [-0.05, 0) is 30.2 Å². The van der Waals surface area contributed by atoms with E-state index in [4.69, 9.17) is 5.26 Å². The van der Waals surface area contributed by atoms with Gasteiger partial charge in [0.15, 0.2) is 11.5 Å². The van der Waals surface area contributed by atoms with Crippen molar-refractivity contribution in [3.05, 3.63) is 65.9 Å². The van der Waals surface area contributed by atoms with Crippen LogP contribution in [0.5, 0.6) is 0 Å². The Balaban J connectivity index is 2.27. The van der Waals surface area contributed by atoms with Crippen LogP contribution in [0.4, 0.5) is 19.0 Å². The Hall–Kier alpha value is -3.32. The molecule has 3 rings (SSSR count). The number of benzene rings is 2. The molecule has 1 N–H and O–H groups in total. The van der Waals surface area contributed by atoms with E-state index in [1.165, 1.54) is 30.3 Å². The molecule has 0 fully saturated rings. The van der Waals surface area contributed by atoms with Gasteiger partial charge in [0.1, 0.15) is 6.54 Å². The normalized spacial score (nSPS) is 11.8. The fraction of sp³-hybridized carbons (Fsp3) is 0.158. The van der Waals surface area contributed by atoms with E-state index in [1.807, 2.05) is 0 Å². The Morgan fingerprint density at radius 3 is 2.31 bits per heavy atom. The number of nitriles is 1. The highest BCUT2D eigenvalue weighted by molar-refractivity contribution is 7.92. The Morgan fingerprint density at radius 2 is 1.72 bits per heavy atom. The second kappa shape index (κ2) is 7.60. The number of nitrogens with one attached hydrogen (secondary N) is 1. The van der Waals surface area contributed by atoms with Crippen molar-refractivity contribution in [1.29, 1.82) is 5.26 Å². The SMILES string of the molecule is Cc1ccccc1-c1c(NS(=O)(=O)c2ccccc2)nn(CC#N)c1C(F)(F)F. The van der Waals surface area contributed by atoms with E-state index in [1.54, 1.807) is 37.3 Å². The molecule has 0 spiro atoms. The smallest absolute Gasteiger partial charge is 0.261 e. The summed E-state index contributed by atoms with van der Waals surface area (Å²) in [6, 6.07) is 15.1. The van der Waals surface area contributed by atoms with Crippen LogP contribution in [0.15, 0.2) is 59.5 Å². The van der Waals surface area contributed by atoms with Crippen LogP contribution in [0.2, 0.25) is 0 Å². The van der Waals surface area contributed by atoms with Gasteiger partial charge < -0.3 is 0 Å². The lowest BCUT2D eigenvalue weighted by Gasteiger charge is -2.13. The minimum atomic E-state index is -4.86. The molecule has 1 aromatic heterocycles. The van der Waals surface area contributed by atoms with Crippen LogP contribution in [0, 0.1) is 18.3 Å². The molecule has 3 aromatic rings. The van der Waals surface area contributed by atoms with Crippen LogP contribution in [-0.4, -0.2) is 18.2 Å². The zero-order chi connectivity index (χ0) is 21.2. The second-order valence-electron chi connectivity index (χ2n) is 6.12. The van der Waals surface area contributed by atoms with Crippen molar-refractivity contribution in [3.63, 3.8) is 0 Å². The maximum atomic E-state index is 13.9. The molecule has 0 unspecified atom stereocenters. The quantitative estimate of drug-likeness (QED) is 0.670. The number of rotatable bonds is 5. The van der Waals surface area contributed by atoms with Crippen LogP contribution in [0.25, 0.3) is 11.1 Å². The molecule has 0 radical (unpaired) electrons. The van der Waals surface area contributed by atoms with Gasteiger partial charge in [0.25, 0.3) is 10.0 Å². The first-order chi connectivity index (χ1) is 13.6. The van der Waals surface area contributed by atoms with Gasteiger partial charge >= 0.3 is 6.18 Å². The molecule has 6 nitrogen and oxygen atoms in total. The minimum Gasteiger partial charge on any atom is -0.261 e. The van der Waals surface area contributed by atoms with Crippen molar-refractivity contribution in [2.75, 3.05) is 4.72 Å². The van der Waals surface area contributed by atoms with E-state index in [9.17, 15) is 21.6 Å². The fourth-order valence-electron chi connectivity index (χ4n) is 2.90. The lowest BCUT2D eigenvalue weighted by atomic mass is 10.00. The van der Waals surface area contributed by atoms with Gasteiger partial charge in [-0.1, -0.05) is 42.5 Å². The van der Waals surface area contributed by atoms with Crippen LogP contribution >= 0.6 is 0 Å². The third kappa shape index (κ3) is 4.09. The molecule has 0 amide bonds. The molecule has 0 aliphatic rings. The number of sulfonamides is 1. The number of alkyl halides is 3. The first-order valence-electron chi connectivity index (χ1n) is 8.34. The van der Waals surface area contributed by atoms with Gasteiger partial charge in [-0.3, -0.25) is 4.72 Å². The largest absolute Gasteiger partial charge is 0.433 e. The van der Waals surface area contributed by atoms with Gasteiger partial charge in [0.05, 0.1) is 16.5 Å². The van der Waals surface area contributed by atoms with Crippen molar-refractivity contribution in [3.8, 4) is 17.2 Å². The maximum absolute atomic E-state index is 13.9. The molecule has 0 saturated heterocycles. The standard InChI is InChI=1S/C19H15F3N4O2S/c1-13-7-5-6-10-15(13)16-17(19(20,21)22)26(12-11-23)24-18(16)25-29(27,28)14-8-3-2-4-9-14/h2-10H,12H2,1H3,(H,24,25). The third-order valence-corrected chi connectivity index (χ3v) is 5.50. The Bertz CT molecular complexity index is 1180. The maximum Gasteiger partial charge on any atom is 0.433 e. The summed E-state index contributed by atoms with van der Waals surface area (Å²) in [5.74, 6) is -0.495. The highest BCUT2D eigenvalue weighted by atomic mass is 32.2. The summed E-state index contributed by atoms with van der Waals surface area (Å²) < 4.78 is 69.6. The van der Waals surface area contributed by atoms with E-state index in [2.05, 4.69) is 9.82 Å². The Kier molecular flexibility index (Phi) is 5.35. The summed E-state index contributed by atoms with van der Waals surface area (Å²) in [5, 5.41) is 12.7. The molecule has 0 aliphatic carbocycles. The molecule has 0 aliphatic heterocycles. The fourth-order valence-corrected chi connectivity index (χ4v) is 3.93. The zero-order valence-electron chi connectivity index (χ0n) is 15.1. The molecular weight excluding hydrogens is 405 g/mol. The Morgan fingerprint density at radius 1 is 1.10 bits per heavy atom. The highest BCUT2D eigenvalue weighted by Gasteiger charge is 2.41. The van der Waals surface area contributed by atoms with Gasteiger partial charge in [-0.15, -0.1) is 0 Å². The average molecular weight is 420 g/mol. The van der Waals surface area contributed by atoms with Crippen molar-refractivity contribution in [1.82, 2.24) is 9.78 Å². The van der Waals surface area contributed by atoms with Crippen LogP contribution < -0.4 is 4.72 Å². The van der Waals surface area contributed by atoms with Crippen LogP contribution in [0.3, 0.4) is 0 Å². The predicted molar refractivity (Wildman–Crippen MR) is 100 cm³/mol. The topological polar surface area (TPSA) is 87.8 Å². The molecule has 2 aromatic carbocycles. The molecule has 10 heteroatoms. The van der Waals surface area contributed by atoms with Crippen molar-refractivity contribution in [2.45, 2.75) is 24.5 Å². The minimum absolute atomic E-state index is 0.126. The summed E-state index contributed by atoms with van der Waals surface area (Å²) in [7, 11) is -4.20. The zero-order valence-corrected chi connectivity index (χ0v) is 15.9. The number of anilines is 1. The third-order valence-electron chi connectivity index (χ3n) is 4.14. The predicted octanol–water partition coefficient (Wildman–Crippen LogP) is 4.20. The van der Waals surface area contributed by atoms with Gasteiger partial charge in [-0.2, -0.15) is 23.5 Å². The lowest BCUT2D eigenvalue weighted by molar-refractivity contribution is -0.143. The van der Waals surface area contributed by atoms with E-state index in [0.717, 1.165) is 0 Å². The summed E-state index contributed by atoms with van der Waals surface area (Å²) in [5.41, 5.74) is -0.964. The van der Waals surface area contributed by atoms with E-state index in [-0.39, 0.29) is 10.5 Å². The monoisotopic (exact) mass is 420 g/mol. The van der Waals surface area contributed by atoms with Crippen LogP contribution in [0.1, 0.15) is 11.3 Å². The highest BCUT2D eigenvalue weighted by Crippen LogP contribution is 2.42. The molecule has 29 heavy (non-hydrogen) atoms. The second-order valence-corrected chi connectivity index (χ2v) is 7.80. The summed E-state index contributed by atoms with van der Waals surface area (Å²) in [6.45, 7) is 0.910. The molecule has 0 saturated carbocycles. The van der Waals surface area contributed by atoms with Gasteiger partial charge in [0.2, 0.25) is 0 Å². The molecule has 1 heterocycles. The molecule has 150 valence electrons. The summed E-state index contributed by atoms with van der Waals surface area (Å²) >= 11 is 0. The van der Waals surface area contributed by atoms with E-state index >= 15 is 0 Å². The van der Waals surface area contributed by atoms with Crippen molar-refractivity contribution >= 4 is 15.8 Å². The van der Waals surface area contributed by atoms with E-state index in [0.29, 0.717) is 10.2 Å². The number of hydrogen-bond acceptors (Lipinski definition) is 4. The molecule has 0 bridgehead atoms. The summed E-state index contributed by atoms with van der Waals surface area (Å²) in [6.07, 6.45) is -4.86. The number of nitrogens with zero attached hydrogens (tertiary/aromatic N) is 3. The number of halogens is 3. The first-order valence-corrected chi connectivity index (χ1v) is 9.82. The number of aromatic nitrogens is 2. The summed E-state index contributed by atoms with van der Waals surface area (Å²) in [4.78, 5) is -0.126. The van der Waals surface area contributed by atoms with Crippen molar-refractivity contribution in [2.24, 2.45) is 0 Å². The Labute approximate surface area is 165 Å². The molecular formula is C19H15F3N4O2S. The number of hydrogen-bond donors (Lipinski definition) is 1. The first kappa shape index (κ1) is 20.4. The number of aryl methyl sites for hydroxylation is 1. The van der Waals surface area contributed by atoms with Crippen molar-refractivity contribution < 1.29 is 21.6 Å². The average Bonchev–Trinajstić information content (AvgIpc) is 3.00. The lowest BCUT2D eigenvalue weighted by Crippen LogP contribution is -2.15.